The quantitative estimate of drug-likeness (QED) is 0.792. The topological polar surface area (TPSA) is 42.4 Å². The van der Waals surface area contributed by atoms with Crippen molar-refractivity contribution in [3.8, 4) is 0 Å². The van der Waals surface area contributed by atoms with Crippen LogP contribution in [0, 0.1) is 0 Å². The van der Waals surface area contributed by atoms with Crippen molar-refractivity contribution < 1.29 is 9.53 Å². The Balaban J connectivity index is 1.64. The fourth-order valence-corrected chi connectivity index (χ4v) is 4.46. The summed E-state index contributed by atoms with van der Waals surface area (Å²) in [7, 11) is 0. The molecule has 1 saturated heterocycles. The van der Waals surface area contributed by atoms with Crippen molar-refractivity contribution in [2.24, 2.45) is 0 Å². The van der Waals surface area contributed by atoms with Gasteiger partial charge in [0.1, 0.15) is 0 Å². The molecule has 0 radical (unpaired) electrons. The Morgan fingerprint density at radius 2 is 2.09 bits per heavy atom. The van der Waals surface area contributed by atoms with Crippen molar-refractivity contribution >= 4 is 38.8 Å². The van der Waals surface area contributed by atoms with Crippen LogP contribution in [0.2, 0.25) is 0 Å². The van der Waals surface area contributed by atoms with E-state index in [1.54, 1.807) is 0 Å². The molecule has 22 heavy (non-hydrogen) atoms. The van der Waals surface area contributed by atoms with Gasteiger partial charge in [0.15, 0.2) is 5.78 Å². The molecular weight excluding hydrogens is 364 g/mol. The number of hydrogen-bond acceptors (Lipinski definition) is 5. The molecule has 4 nitrogen and oxygen atoms in total. The lowest BCUT2D eigenvalue weighted by Gasteiger charge is -2.33. The van der Waals surface area contributed by atoms with Gasteiger partial charge in [-0.3, -0.25) is 4.79 Å². The fraction of sp³-hybridized carbons (Fsp3) is 0.375. The summed E-state index contributed by atoms with van der Waals surface area (Å²) in [4.78, 5) is 14.7. The summed E-state index contributed by atoms with van der Waals surface area (Å²) in [6.07, 6.45) is 5.49. The molecule has 1 aromatic rings. The summed E-state index contributed by atoms with van der Waals surface area (Å²) in [5.41, 5.74) is 5.29. The van der Waals surface area contributed by atoms with Crippen LogP contribution in [0.1, 0.15) is 18.5 Å². The van der Waals surface area contributed by atoms with Crippen molar-refractivity contribution in [3.63, 3.8) is 0 Å². The summed E-state index contributed by atoms with van der Waals surface area (Å²) >= 11 is 4.99. The summed E-state index contributed by atoms with van der Waals surface area (Å²) in [6, 6.07) is 0. The van der Waals surface area contributed by atoms with Gasteiger partial charge in [-0.2, -0.15) is 4.37 Å². The van der Waals surface area contributed by atoms with Gasteiger partial charge in [0.25, 0.3) is 0 Å². The SMILES string of the molecule is O=C1C=C(N2CCOCC2)CC2=C1CC=C2c1nscc1Br. The average Bonchev–Trinajstić information content (AvgIpc) is 3.14. The van der Waals surface area contributed by atoms with Crippen molar-refractivity contribution in [3.05, 3.63) is 44.5 Å². The molecule has 1 aliphatic heterocycles. The third-order valence-corrected chi connectivity index (χ3v) is 5.89. The highest BCUT2D eigenvalue weighted by Crippen LogP contribution is 2.42. The zero-order valence-corrected chi connectivity index (χ0v) is 14.4. The first kappa shape index (κ1) is 14.4. The van der Waals surface area contributed by atoms with Crippen molar-refractivity contribution in [2.75, 3.05) is 26.3 Å². The van der Waals surface area contributed by atoms with Gasteiger partial charge in [-0.25, -0.2) is 0 Å². The number of allylic oxidation sites excluding steroid dienone is 5. The van der Waals surface area contributed by atoms with E-state index in [0.29, 0.717) is 0 Å². The molecule has 1 aromatic heterocycles. The zero-order valence-electron chi connectivity index (χ0n) is 12.0. The molecule has 0 saturated carbocycles. The normalized spacial score (nSPS) is 21.9. The maximum atomic E-state index is 12.5. The second kappa shape index (κ2) is 5.76. The molecule has 2 aliphatic carbocycles. The Labute approximate surface area is 141 Å². The number of morpholine rings is 1. The second-order valence-corrected chi connectivity index (χ2v) is 7.05. The van der Waals surface area contributed by atoms with Crippen LogP contribution in [0.25, 0.3) is 5.57 Å². The molecule has 0 bridgehead atoms. The van der Waals surface area contributed by atoms with E-state index in [1.807, 2.05) is 11.5 Å². The van der Waals surface area contributed by atoms with Gasteiger partial charge in [-0.1, -0.05) is 6.08 Å². The van der Waals surface area contributed by atoms with Gasteiger partial charge in [0, 0.05) is 47.8 Å². The predicted octanol–water partition coefficient (Wildman–Crippen LogP) is 3.18. The fourth-order valence-electron chi connectivity index (χ4n) is 3.23. The van der Waals surface area contributed by atoms with Gasteiger partial charge in [-0.05, 0) is 39.5 Å². The molecular formula is C16H15BrN2O2S. The van der Waals surface area contributed by atoms with Crippen LogP contribution < -0.4 is 0 Å². The maximum Gasteiger partial charge on any atom is 0.184 e. The number of nitrogens with zero attached hydrogens (tertiary/aromatic N) is 2. The number of halogens is 1. The highest BCUT2D eigenvalue weighted by atomic mass is 79.9. The molecule has 1 fully saturated rings. The predicted molar refractivity (Wildman–Crippen MR) is 89.5 cm³/mol. The molecule has 4 rings (SSSR count). The minimum Gasteiger partial charge on any atom is -0.378 e. The molecule has 0 N–H and O–H groups in total. The summed E-state index contributed by atoms with van der Waals surface area (Å²) in [5, 5.41) is 1.98. The first-order chi connectivity index (χ1) is 10.7. The van der Waals surface area contributed by atoms with Crippen LogP contribution in [0.4, 0.5) is 0 Å². The van der Waals surface area contributed by atoms with Gasteiger partial charge < -0.3 is 9.64 Å². The minimum absolute atomic E-state index is 0.153. The van der Waals surface area contributed by atoms with Crippen molar-refractivity contribution in [1.29, 1.82) is 0 Å². The average molecular weight is 379 g/mol. The lowest BCUT2D eigenvalue weighted by atomic mass is 9.91. The number of ether oxygens (including phenoxy) is 1. The molecule has 3 aliphatic rings. The number of ketones is 1. The maximum absolute atomic E-state index is 12.5. The first-order valence-electron chi connectivity index (χ1n) is 7.34. The molecule has 2 heterocycles. The Hall–Kier alpha value is -1.24. The van der Waals surface area contributed by atoms with Crippen LogP contribution >= 0.6 is 27.5 Å². The zero-order chi connectivity index (χ0) is 15.1. The third-order valence-electron chi connectivity index (χ3n) is 4.35. The van der Waals surface area contributed by atoms with Crippen LogP contribution in [-0.2, 0) is 9.53 Å². The van der Waals surface area contributed by atoms with Gasteiger partial charge in [0.2, 0.25) is 0 Å². The van der Waals surface area contributed by atoms with Crippen LogP contribution in [-0.4, -0.2) is 41.4 Å². The van der Waals surface area contributed by atoms with E-state index < -0.39 is 0 Å². The number of carbonyl (C=O) groups is 1. The van der Waals surface area contributed by atoms with E-state index in [2.05, 4.69) is 31.3 Å². The molecule has 0 amide bonds. The highest BCUT2D eigenvalue weighted by Gasteiger charge is 2.31. The second-order valence-electron chi connectivity index (χ2n) is 5.57. The van der Waals surface area contributed by atoms with Gasteiger partial charge >= 0.3 is 0 Å². The minimum atomic E-state index is 0.153. The first-order valence-corrected chi connectivity index (χ1v) is 8.97. The lowest BCUT2D eigenvalue weighted by molar-refractivity contribution is -0.111. The molecule has 6 heteroatoms. The Morgan fingerprint density at radius 1 is 1.27 bits per heavy atom. The van der Waals surface area contributed by atoms with E-state index in [4.69, 9.17) is 4.74 Å². The van der Waals surface area contributed by atoms with E-state index >= 15 is 0 Å². The molecule has 0 unspecified atom stereocenters. The number of rotatable bonds is 2. The van der Waals surface area contributed by atoms with E-state index in [-0.39, 0.29) is 5.78 Å². The molecule has 0 spiro atoms. The van der Waals surface area contributed by atoms with Crippen LogP contribution in [0.15, 0.2) is 38.8 Å². The Bertz CT molecular complexity index is 726. The number of hydrogen-bond donors (Lipinski definition) is 0. The summed E-state index contributed by atoms with van der Waals surface area (Å²) < 4.78 is 10.9. The molecule has 0 aromatic carbocycles. The summed E-state index contributed by atoms with van der Waals surface area (Å²) in [6.45, 7) is 3.19. The molecule has 114 valence electrons. The lowest BCUT2D eigenvalue weighted by Crippen LogP contribution is -2.36. The van der Waals surface area contributed by atoms with Crippen LogP contribution in [0.5, 0.6) is 0 Å². The Morgan fingerprint density at radius 3 is 2.82 bits per heavy atom. The Kier molecular flexibility index (Phi) is 3.76. The smallest absolute Gasteiger partial charge is 0.184 e. The van der Waals surface area contributed by atoms with E-state index in [9.17, 15) is 4.79 Å². The van der Waals surface area contributed by atoms with Gasteiger partial charge in [0.05, 0.1) is 23.4 Å². The van der Waals surface area contributed by atoms with Gasteiger partial charge in [-0.15, -0.1) is 0 Å². The molecule has 0 atom stereocenters. The van der Waals surface area contributed by atoms with E-state index in [0.717, 1.165) is 71.7 Å². The van der Waals surface area contributed by atoms with Crippen molar-refractivity contribution in [1.82, 2.24) is 9.27 Å². The third kappa shape index (κ3) is 2.39. The van der Waals surface area contributed by atoms with Crippen LogP contribution in [0.3, 0.4) is 0 Å². The standard InChI is InChI=1S/C16H15BrN2O2S/c17-14-9-22-18-16(14)12-2-1-11-13(12)7-10(8-15(11)20)19-3-5-21-6-4-19/h2,8-9H,1,3-7H2. The largest absolute Gasteiger partial charge is 0.378 e. The van der Waals surface area contributed by atoms with Crippen molar-refractivity contribution in [2.45, 2.75) is 12.8 Å². The monoisotopic (exact) mass is 378 g/mol. The highest BCUT2D eigenvalue weighted by molar-refractivity contribution is 9.10. The van der Waals surface area contributed by atoms with E-state index in [1.165, 1.54) is 11.5 Å². The number of carbonyl (C=O) groups excluding carboxylic acids is 1. The number of aromatic nitrogens is 1. The summed E-state index contributed by atoms with van der Waals surface area (Å²) in [5.74, 6) is 0.153.